The van der Waals surface area contributed by atoms with Crippen molar-refractivity contribution in [3.05, 3.63) is 8.45 Å². The van der Waals surface area contributed by atoms with Crippen molar-refractivity contribution in [2.75, 3.05) is 0 Å². The van der Waals surface area contributed by atoms with Crippen LogP contribution in [0.2, 0.25) is 0 Å². The Labute approximate surface area is 90.6 Å². The van der Waals surface area contributed by atoms with Crippen LogP contribution in [0.25, 0.3) is 0 Å². The molecule has 12 heavy (non-hydrogen) atoms. The number of rotatable bonds is 1. The molecule has 1 rings (SSSR count). The Morgan fingerprint density at radius 2 is 2.00 bits per heavy atom. The summed E-state index contributed by atoms with van der Waals surface area (Å²) >= 11 is 3.75. The molecule has 0 aliphatic carbocycles. The van der Waals surface area contributed by atoms with Crippen LogP contribution in [-0.4, -0.2) is 9.97 Å². The van der Waals surface area contributed by atoms with E-state index in [1.165, 1.54) is 16.4 Å². The van der Waals surface area contributed by atoms with Crippen LogP contribution < -0.4 is 4.74 Å². The molecule has 68 valence electrons. The fourth-order valence-corrected chi connectivity index (χ4v) is 1.90. The van der Waals surface area contributed by atoms with Gasteiger partial charge in [0, 0.05) is 4.88 Å². The molecule has 0 bridgehead atoms. The first kappa shape index (κ1) is 10.2. The van der Waals surface area contributed by atoms with Crippen molar-refractivity contribution in [1.29, 1.82) is 0 Å². The number of hydrogen-bond acceptors (Lipinski definition) is 3. The molecule has 0 saturated carbocycles. The maximum atomic E-state index is 5.65. The monoisotopic (exact) mass is 297 g/mol. The first-order chi connectivity index (χ1) is 5.40. The van der Waals surface area contributed by atoms with E-state index in [4.69, 9.17) is 4.74 Å². The molecule has 0 aromatic carbocycles. The first-order valence-corrected chi connectivity index (χ1v) is 5.56. The Morgan fingerprint density at radius 1 is 1.42 bits per heavy atom. The van der Waals surface area contributed by atoms with Gasteiger partial charge in [-0.05, 0) is 61.8 Å². The molecule has 0 atom stereocenters. The fourth-order valence-electron chi connectivity index (χ4n) is 0.694. The van der Waals surface area contributed by atoms with Crippen LogP contribution in [0.1, 0.15) is 25.6 Å². The lowest BCUT2D eigenvalue weighted by Crippen LogP contribution is -2.23. The fraction of sp³-hybridized carbons (Fsp3) is 0.625. The van der Waals surface area contributed by atoms with Gasteiger partial charge in [-0.3, -0.25) is 0 Å². The molecule has 4 heteroatoms. The lowest BCUT2D eigenvalue weighted by molar-refractivity contribution is 0.124. The maximum Gasteiger partial charge on any atom is 0.239 e. The molecule has 1 aromatic rings. The van der Waals surface area contributed by atoms with Gasteiger partial charge in [0.15, 0.2) is 0 Å². The zero-order chi connectivity index (χ0) is 9.35. The molecule has 0 fully saturated rings. The quantitative estimate of drug-likeness (QED) is 0.742. The topological polar surface area (TPSA) is 22.1 Å². The summed E-state index contributed by atoms with van der Waals surface area (Å²) in [6.45, 7) is 8.13. The second kappa shape index (κ2) is 3.49. The molecule has 0 saturated heterocycles. The summed E-state index contributed by atoms with van der Waals surface area (Å²) in [6.07, 6.45) is 0. The van der Waals surface area contributed by atoms with Gasteiger partial charge in [0.2, 0.25) is 5.88 Å². The van der Waals surface area contributed by atoms with E-state index < -0.39 is 0 Å². The minimum Gasteiger partial charge on any atom is -0.471 e. The molecule has 1 aromatic heterocycles. The number of ether oxygens (including phenoxy) is 1. The number of hydrogen-bond donors (Lipinski definition) is 0. The summed E-state index contributed by atoms with van der Waals surface area (Å²) in [6, 6.07) is 0. The van der Waals surface area contributed by atoms with E-state index in [1.807, 2.05) is 20.8 Å². The van der Waals surface area contributed by atoms with Gasteiger partial charge in [-0.25, -0.2) is 0 Å². The summed E-state index contributed by atoms with van der Waals surface area (Å²) in [7, 11) is 0. The number of nitrogens with zero attached hydrogens (tertiary/aromatic N) is 1. The van der Waals surface area contributed by atoms with Crippen LogP contribution >= 0.6 is 34.1 Å². The Hall–Kier alpha value is 0.160. The van der Waals surface area contributed by atoms with Crippen molar-refractivity contribution in [3.63, 3.8) is 0 Å². The average molecular weight is 297 g/mol. The van der Waals surface area contributed by atoms with Crippen LogP contribution in [0.3, 0.4) is 0 Å². The van der Waals surface area contributed by atoms with Crippen molar-refractivity contribution in [2.45, 2.75) is 33.3 Å². The highest BCUT2D eigenvalue weighted by Crippen LogP contribution is 2.28. The van der Waals surface area contributed by atoms with Gasteiger partial charge in [-0.2, -0.15) is 4.37 Å². The van der Waals surface area contributed by atoms with Gasteiger partial charge in [-0.1, -0.05) is 0 Å². The van der Waals surface area contributed by atoms with Gasteiger partial charge < -0.3 is 4.74 Å². The van der Waals surface area contributed by atoms with Crippen LogP contribution in [0.5, 0.6) is 5.88 Å². The molecule has 0 N–H and O–H groups in total. The molecule has 0 radical (unpaired) electrons. The second-order valence-corrected chi connectivity index (χ2v) is 5.63. The second-order valence-electron chi connectivity index (χ2n) is 3.57. The van der Waals surface area contributed by atoms with Crippen LogP contribution in [-0.2, 0) is 0 Å². The van der Waals surface area contributed by atoms with E-state index in [0.29, 0.717) is 0 Å². The third-order valence-electron chi connectivity index (χ3n) is 1.17. The summed E-state index contributed by atoms with van der Waals surface area (Å²) in [5.74, 6) is 0.769. The van der Waals surface area contributed by atoms with E-state index in [1.54, 1.807) is 0 Å². The minimum absolute atomic E-state index is 0.152. The third-order valence-corrected chi connectivity index (χ3v) is 3.54. The van der Waals surface area contributed by atoms with Crippen molar-refractivity contribution in [3.8, 4) is 5.88 Å². The molecule has 0 aliphatic rings. The van der Waals surface area contributed by atoms with Gasteiger partial charge in [-0.15, -0.1) is 0 Å². The van der Waals surface area contributed by atoms with E-state index in [2.05, 4.69) is 33.9 Å². The Bertz CT molecular complexity index is 277. The third kappa shape index (κ3) is 2.58. The number of halogens is 1. The van der Waals surface area contributed by atoms with Gasteiger partial charge >= 0.3 is 0 Å². The standard InChI is InChI=1S/C8H12INOS/c1-5-6(9)7(10-12-5)11-8(2,3)4/h1-4H3. The van der Waals surface area contributed by atoms with E-state index in [9.17, 15) is 0 Å². The van der Waals surface area contributed by atoms with E-state index in [-0.39, 0.29) is 5.60 Å². The highest BCUT2D eigenvalue weighted by molar-refractivity contribution is 14.1. The van der Waals surface area contributed by atoms with Crippen molar-refractivity contribution in [1.82, 2.24) is 4.37 Å². The summed E-state index contributed by atoms with van der Waals surface area (Å²) in [5.41, 5.74) is -0.152. The molecular weight excluding hydrogens is 285 g/mol. The van der Waals surface area contributed by atoms with E-state index in [0.717, 1.165) is 9.45 Å². The zero-order valence-corrected chi connectivity index (χ0v) is 10.6. The summed E-state index contributed by atoms with van der Waals surface area (Å²) in [4.78, 5) is 1.22. The average Bonchev–Trinajstić information content (AvgIpc) is 2.16. The Kier molecular flexibility index (Phi) is 2.98. The zero-order valence-electron chi connectivity index (χ0n) is 7.64. The van der Waals surface area contributed by atoms with Gasteiger partial charge in [0.05, 0.1) is 3.57 Å². The van der Waals surface area contributed by atoms with Gasteiger partial charge in [0.25, 0.3) is 0 Å². The lowest BCUT2D eigenvalue weighted by atomic mass is 10.2. The maximum absolute atomic E-state index is 5.65. The molecular formula is C8H12INOS. The molecule has 2 nitrogen and oxygen atoms in total. The van der Waals surface area contributed by atoms with E-state index >= 15 is 0 Å². The Morgan fingerprint density at radius 3 is 2.33 bits per heavy atom. The van der Waals surface area contributed by atoms with Crippen molar-refractivity contribution in [2.24, 2.45) is 0 Å². The minimum atomic E-state index is -0.152. The first-order valence-electron chi connectivity index (χ1n) is 3.71. The molecule has 0 amide bonds. The van der Waals surface area contributed by atoms with Gasteiger partial charge in [0.1, 0.15) is 5.60 Å². The SMILES string of the molecule is Cc1snc(OC(C)(C)C)c1I. The predicted octanol–water partition coefficient (Wildman–Crippen LogP) is 3.23. The highest BCUT2D eigenvalue weighted by Gasteiger charge is 2.17. The normalized spacial score (nSPS) is 11.8. The Balaban J connectivity index is 2.83. The number of aromatic nitrogens is 1. The predicted molar refractivity (Wildman–Crippen MR) is 59.9 cm³/mol. The molecule has 0 aliphatic heterocycles. The van der Waals surface area contributed by atoms with Crippen molar-refractivity contribution >= 4 is 34.1 Å². The molecule has 1 heterocycles. The lowest BCUT2D eigenvalue weighted by Gasteiger charge is -2.19. The smallest absolute Gasteiger partial charge is 0.239 e. The van der Waals surface area contributed by atoms with Crippen LogP contribution in [0, 0.1) is 10.5 Å². The summed E-state index contributed by atoms with van der Waals surface area (Å²) < 4.78 is 11.0. The largest absolute Gasteiger partial charge is 0.471 e. The number of aryl methyl sites for hydroxylation is 1. The van der Waals surface area contributed by atoms with Crippen molar-refractivity contribution < 1.29 is 4.74 Å². The molecule has 0 spiro atoms. The highest BCUT2D eigenvalue weighted by atomic mass is 127. The van der Waals surface area contributed by atoms with Crippen LogP contribution in [0.15, 0.2) is 0 Å². The summed E-state index contributed by atoms with van der Waals surface area (Å²) in [5, 5.41) is 0. The molecule has 0 unspecified atom stereocenters. The van der Waals surface area contributed by atoms with Crippen LogP contribution in [0.4, 0.5) is 0 Å².